The fraction of sp³-hybridized carbons (Fsp3) is 0.958. The Morgan fingerprint density at radius 3 is 0.513 bits per heavy atom. The molecule has 0 aromatic rings. The molecule has 0 amide bonds. The summed E-state index contributed by atoms with van der Waals surface area (Å²) in [5, 5.41) is 0. The summed E-state index contributed by atoms with van der Waals surface area (Å²) in [5.74, 6) is -0.821. The summed E-state index contributed by atoms with van der Waals surface area (Å²) in [6, 6.07) is 0. The molecule has 0 spiro atoms. The lowest BCUT2D eigenvalue weighted by Crippen LogP contribution is -2.30. The summed E-state index contributed by atoms with van der Waals surface area (Å²) in [6.07, 6.45) is 80.0. The Hall–Kier alpha value is -1.59. The number of carbonyl (C=O) groups excluding carboxylic acids is 3. The van der Waals surface area contributed by atoms with E-state index >= 15 is 0 Å². The van der Waals surface area contributed by atoms with Gasteiger partial charge in [-0.05, 0) is 19.3 Å². The van der Waals surface area contributed by atoms with E-state index in [0.29, 0.717) is 19.3 Å². The number of hydrogen-bond acceptors (Lipinski definition) is 6. The number of unbranched alkanes of at least 4 members (excludes halogenated alkanes) is 57. The van der Waals surface area contributed by atoms with Crippen molar-refractivity contribution in [1.29, 1.82) is 0 Å². The molecule has 0 aliphatic rings. The Morgan fingerprint density at radius 2 is 0.346 bits per heavy atom. The number of ether oxygens (including phenoxy) is 3. The van der Waals surface area contributed by atoms with E-state index in [4.69, 9.17) is 14.2 Å². The van der Waals surface area contributed by atoms with Crippen molar-refractivity contribution in [3.8, 4) is 0 Å². The van der Waals surface area contributed by atoms with Crippen LogP contribution in [0.4, 0.5) is 0 Å². The Labute approximate surface area is 488 Å². The van der Waals surface area contributed by atoms with Crippen molar-refractivity contribution < 1.29 is 28.6 Å². The first-order valence-electron chi connectivity index (χ1n) is 36.0. The van der Waals surface area contributed by atoms with Gasteiger partial charge in [-0.2, -0.15) is 0 Å². The molecule has 0 aliphatic carbocycles. The second-order valence-corrected chi connectivity index (χ2v) is 24.9. The van der Waals surface area contributed by atoms with Gasteiger partial charge in [-0.1, -0.05) is 387 Å². The molecule has 6 heteroatoms. The molecule has 0 bridgehead atoms. The van der Waals surface area contributed by atoms with E-state index < -0.39 is 6.10 Å². The van der Waals surface area contributed by atoms with Gasteiger partial charge >= 0.3 is 17.9 Å². The molecule has 0 heterocycles. The van der Waals surface area contributed by atoms with Crippen molar-refractivity contribution in [3.63, 3.8) is 0 Å². The van der Waals surface area contributed by atoms with Crippen molar-refractivity contribution in [2.24, 2.45) is 0 Å². The maximum Gasteiger partial charge on any atom is 0.306 e. The number of esters is 3. The van der Waals surface area contributed by atoms with Crippen LogP contribution in [0.3, 0.4) is 0 Å². The zero-order chi connectivity index (χ0) is 56.4. The van der Waals surface area contributed by atoms with E-state index in [2.05, 4.69) is 20.8 Å². The van der Waals surface area contributed by atoms with Crippen LogP contribution in [0.15, 0.2) is 0 Å². The van der Waals surface area contributed by atoms with Gasteiger partial charge in [-0.25, -0.2) is 0 Å². The van der Waals surface area contributed by atoms with E-state index in [0.717, 1.165) is 57.8 Å². The average Bonchev–Trinajstić information content (AvgIpc) is 3.44. The van der Waals surface area contributed by atoms with Gasteiger partial charge in [0.05, 0.1) is 0 Å². The highest BCUT2D eigenvalue weighted by Gasteiger charge is 2.20. The molecule has 0 radical (unpaired) electrons. The summed E-state index contributed by atoms with van der Waals surface area (Å²) in [6.45, 7) is 6.74. The quantitative estimate of drug-likeness (QED) is 0.0343. The summed E-state index contributed by atoms with van der Waals surface area (Å²) in [5.41, 5.74) is 0. The lowest BCUT2D eigenvalue weighted by molar-refractivity contribution is -0.167. The molecule has 78 heavy (non-hydrogen) atoms. The molecular weight excluding hydrogens is 961 g/mol. The van der Waals surface area contributed by atoms with Crippen molar-refractivity contribution >= 4 is 17.9 Å². The highest BCUT2D eigenvalue weighted by molar-refractivity contribution is 5.71. The number of hydrogen-bond donors (Lipinski definition) is 0. The topological polar surface area (TPSA) is 78.9 Å². The molecule has 0 fully saturated rings. The molecule has 0 aromatic heterocycles. The van der Waals surface area contributed by atoms with Gasteiger partial charge in [0.15, 0.2) is 6.10 Å². The molecule has 0 aliphatic heterocycles. The molecule has 0 N–H and O–H groups in total. The fourth-order valence-electron chi connectivity index (χ4n) is 11.5. The van der Waals surface area contributed by atoms with Gasteiger partial charge in [-0.3, -0.25) is 14.4 Å². The molecule has 6 nitrogen and oxygen atoms in total. The first-order chi connectivity index (χ1) is 38.5. The number of carbonyl (C=O) groups is 3. The molecule has 464 valence electrons. The largest absolute Gasteiger partial charge is 0.462 e. The van der Waals surface area contributed by atoms with Crippen molar-refractivity contribution in [1.82, 2.24) is 0 Å². The van der Waals surface area contributed by atoms with Gasteiger partial charge in [0, 0.05) is 19.3 Å². The minimum absolute atomic E-state index is 0.0603. The monoisotopic (exact) mass is 1100 g/mol. The predicted molar refractivity (Wildman–Crippen MR) is 340 cm³/mol. The van der Waals surface area contributed by atoms with Crippen LogP contribution in [0.1, 0.15) is 425 Å². The molecule has 0 saturated carbocycles. The first-order valence-corrected chi connectivity index (χ1v) is 36.0. The predicted octanol–water partition coefficient (Wildman–Crippen LogP) is 24.6. The molecule has 1 unspecified atom stereocenters. The lowest BCUT2D eigenvalue weighted by Gasteiger charge is -2.18. The van der Waals surface area contributed by atoms with E-state index in [1.807, 2.05) is 0 Å². The Balaban J connectivity index is 4.11. The van der Waals surface area contributed by atoms with E-state index in [9.17, 15) is 14.4 Å². The fourth-order valence-corrected chi connectivity index (χ4v) is 11.5. The third kappa shape index (κ3) is 65.2. The summed E-state index contributed by atoms with van der Waals surface area (Å²) in [4.78, 5) is 38.4. The summed E-state index contributed by atoms with van der Waals surface area (Å²) < 4.78 is 17.0. The van der Waals surface area contributed by atoms with Gasteiger partial charge < -0.3 is 14.2 Å². The Morgan fingerprint density at radius 1 is 0.205 bits per heavy atom. The van der Waals surface area contributed by atoms with Gasteiger partial charge in [0.25, 0.3) is 0 Å². The van der Waals surface area contributed by atoms with Crippen molar-refractivity contribution in [3.05, 3.63) is 0 Å². The summed E-state index contributed by atoms with van der Waals surface area (Å²) >= 11 is 0. The molecule has 0 rings (SSSR count). The Bertz CT molecular complexity index is 1170. The highest BCUT2D eigenvalue weighted by Crippen LogP contribution is 2.20. The van der Waals surface area contributed by atoms with Gasteiger partial charge in [0.2, 0.25) is 0 Å². The second kappa shape index (κ2) is 67.9. The first kappa shape index (κ1) is 76.4. The number of rotatable bonds is 68. The molecule has 1 atom stereocenters. The molecule has 0 aromatic carbocycles. The Kier molecular flexibility index (Phi) is 66.5. The molecular formula is C72H140O6. The standard InChI is InChI=1S/C72H140O6/c1-4-7-10-13-16-19-22-25-28-29-30-31-32-33-34-35-36-37-38-39-40-41-42-45-47-50-53-56-59-62-65-71(74)77-68-69(78-72(75)66-63-60-57-54-51-48-44-27-24-21-18-15-12-9-6-3)67-76-70(73)64-61-58-55-52-49-46-43-26-23-20-17-14-11-8-5-2/h69H,4-68H2,1-3H3. The van der Waals surface area contributed by atoms with Crippen molar-refractivity contribution in [2.75, 3.05) is 13.2 Å². The average molecular weight is 1100 g/mol. The van der Waals surface area contributed by atoms with Crippen LogP contribution < -0.4 is 0 Å². The zero-order valence-corrected chi connectivity index (χ0v) is 53.5. The second-order valence-electron chi connectivity index (χ2n) is 24.9. The van der Waals surface area contributed by atoms with E-state index in [1.54, 1.807) is 0 Å². The van der Waals surface area contributed by atoms with Crippen molar-refractivity contribution in [2.45, 2.75) is 431 Å². The van der Waals surface area contributed by atoms with Crippen LogP contribution in [0.2, 0.25) is 0 Å². The van der Waals surface area contributed by atoms with Crippen LogP contribution in [0, 0.1) is 0 Å². The van der Waals surface area contributed by atoms with Crippen LogP contribution in [0.5, 0.6) is 0 Å². The van der Waals surface area contributed by atoms with Crippen LogP contribution in [0.25, 0.3) is 0 Å². The highest BCUT2D eigenvalue weighted by atomic mass is 16.6. The third-order valence-corrected chi connectivity index (χ3v) is 16.9. The molecule has 0 saturated heterocycles. The van der Waals surface area contributed by atoms with Crippen LogP contribution >= 0.6 is 0 Å². The van der Waals surface area contributed by atoms with Gasteiger partial charge in [0.1, 0.15) is 13.2 Å². The maximum atomic E-state index is 12.9. The maximum absolute atomic E-state index is 12.9. The van der Waals surface area contributed by atoms with Crippen LogP contribution in [-0.2, 0) is 28.6 Å². The zero-order valence-electron chi connectivity index (χ0n) is 53.5. The van der Waals surface area contributed by atoms with Crippen LogP contribution in [-0.4, -0.2) is 37.2 Å². The smallest absolute Gasteiger partial charge is 0.306 e. The SMILES string of the molecule is CCCCCCCCCCCCCCCCCCCCCCCCCCCCCCCCC(=O)OCC(COC(=O)CCCCCCCCCCCCCCCCC)OC(=O)CCCCCCCCCCCCCCCCC. The lowest BCUT2D eigenvalue weighted by atomic mass is 10.0. The van der Waals surface area contributed by atoms with E-state index in [1.165, 1.54) is 327 Å². The third-order valence-electron chi connectivity index (χ3n) is 16.9. The van der Waals surface area contributed by atoms with Gasteiger partial charge in [-0.15, -0.1) is 0 Å². The van der Waals surface area contributed by atoms with E-state index in [-0.39, 0.29) is 31.1 Å². The minimum atomic E-state index is -0.763. The minimum Gasteiger partial charge on any atom is -0.462 e. The normalized spacial score (nSPS) is 11.9. The summed E-state index contributed by atoms with van der Waals surface area (Å²) in [7, 11) is 0.